The van der Waals surface area contributed by atoms with Crippen LogP contribution in [-0.4, -0.2) is 7.11 Å². The van der Waals surface area contributed by atoms with Crippen molar-refractivity contribution in [1.82, 2.24) is 5.43 Å². The van der Waals surface area contributed by atoms with Gasteiger partial charge in [0.2, 0.25) is 0 Å². The van der Waals surface area contributed by atoms with E-state index >= 15 is 0 Å². The van der Waals surface area contributed by atoms with Crippen molar-refractivity contribution >= 4 is 0 Å². The van der Waals surface area contributed by atoms with Crippen LogP contribution < -0.4 is 16.0 Å². The molecule has 1 saturated carbocycles. The Morgan fingerprint density at radius 2 is 1.95 bits per heavy atom. The lowest BCUT2D eigenvalue weighted by Crippen LogP contribution is -2.34. The Morgan fingerprint density at radius 1 is 1.26 bits per heavy atom. The van der Waals surface area contributed by atoms with Crippen LogP contribution in [0, 0.1) is 11.7 Å². The van der Waals surface area contributed by atoms with E-state index in [0.717, 1.165) is 12.8 Å². The highest BCUT2D eigenvalue weighted by atomic mass is 19.1. The largest absolute Gasteiger partial charge is 0.496 e. The van der Waals surface area contributed by atoms with Gasteiger partial charge in [-0.1, -0.05) is 31.7 Å². The van der Waals surface area contributed by atoms with Gasteiger partial charge in [0.05, 0.1) is 13.2 Å². The molecule has 0 saturated heterocycles. The Balaban J connectivity index is 2.30. The number of hydrogen-bond acceptors (Lipinski definition) is 3. The highest BCUT2D eigenvalue weighted by Crippen LogP contribution is 2.38. The molecule has 0 bridgehead atoms. The second-order valence-electron chi connectivity index (χ2n) is 5.25. The maximum absolute atomic E-state index is 14.2. The highest BCUT2D eigenvalue weighted by molar-refractivity contribution is 5.37. The van der Waals surface area contributed by atoms with Crippen molar-refractivity contribution in [2.75, 3.05) is 7.11 Å². The molecule has 1 aromatic carbocycles. The molecular weight excluding hydrogens is 243 g/mol. The molecular formula is C15H23FN2O. The van der Waals surface area contributed by atoms with Crippen LogP contribution in [0.5, 0.6) is 5.75 Å². The summed E-state index contributed by atoms with van der Waals surface area (Å²) >= 11 is 0. The van der Waals surface area contributed by atoms with Gasteiger partial charge in [0, 0.05) is 5.56 Å². The van der Waals surface area contributed by atoms with Gasteiger partial charge >= 0.3 is 0 Å². The monoisotopic (exact) mass is 266 g/mol. The number of hydrazine groups is 1. The van der Waals surface area contributed by atoms with Crippen LogP contribution in [0.3, 0.4) is 0 Å². The molecule has 4 heteroatoms. The third-order valence-corrected chi connectivity index (χ3v) is 4.09. The molecule has 3 N–H and O–H groups in total. The molecule has 0 amide bonds. The van der Waals surface area contributed by atoms with E-state index in [-0.39, 0.29) is 11.9 Å². The molecule has 0 spiro atoms. The summed E-state index contributed by atoms with van der Waals surface area (Å²) < 4.78 is 19.5. The molecule has 106 valence electrons. The van der Waals surface area contributed by atoms with Crippen LogP contribution >= 0.6 is 0 Å². The van der Waals surface area contributed by atoms with Crippen molar-refractivity contribution in [3.8, 4) is 5.75 Å². The molecule has 1 fully saturated rings. The van der Waals surface area contributed by atoms with Gasteiger partial charge in [0.15, 0.2) is 0 Å². The quantitative estimate of drug-likeness (QED) is 0.499. The topological polar surface area (TPSA) is 47.3 Å². The predicted octanol–water partition coefficient (Wildman–Crippen LogP) is 3.31. The van der Waals surface area contributed by atoms with Crippen molar-refractivity contribution in [3.05, 3.63) is 29.6 Å². The molecule has 1 unspecified atom stereocenters. The first-order valence-electron chi connectivity index (χ1n) is 7.06. The Hall–Kier alpha value is -1.13. The first-order chi connectivity index (χ1) is 9.27. The van der Waals surface area contributed by atoms with Crippen LogP contribution in [-0.2, 0) is 0 Å². The maximum atomic E-state index is 14.2. The minimum atomic E-state index is -0.244. The summed E-state index contributed by atoms with van der Waals surface area (Å²) in [5, 5.41) is 0. The normalized spacial score (nSPS) is 18.9. The maximum Gasteiger partial charge on any atom is 0.131 e. The third kappa shape index (κ3) is 3.25. The van der Waals surface area contributed by atoms with Gasteiger partial charge in [-0.15, -0.1) is 0 Å². The number of hydrogen-bond donors (Lipinski definition) is 2. The first-order valence-corrected chi connectivity index (χ1v) is 7.06. The van der Waals surface area contributed by atoms with Gasteiger partial charge in [-0.3, -0.25) is 11.3 Å². The Labute approximate surface area is 114 Å². The molecule has 1 aromatic rings. The summed E-state index contributed by atoms with van der Waals surface area (Å²) in [4.78, 5) is 0. The second kappa shape index (κ2) is 6.87. The summed E-state index contributed by atoms with van der Waals surface area (Å²) in [5.74, 6) is 6.41. The number of rotatable bonds is 4. The Kier molecular flexibility index (Phi) is 5.16. The lowest BCUT2D eigenvalue weighted by Gasteiger charge is -2.27. The van der Waals surface area contributed by atoms with E-state index in [1.807, 2.05) is 0 Å². The molecule has 0 aliphatic heterocycles. The fourth-order valence-electron chi connectivity index (χ4n) is 3.10. The zero-order chi connectivity index (χ0) is 13.7. The lowest BCUT2D eigenvalue weighted by atomic mass is 9.87. The number of methoxy groups -OCH3 is 1. The highest BCUT2D eigenvalue weighted by Gasteiger charge is 2.28. The van der Waals surface area contributed by atoms with Gasteiger partial charge in [-0.2, -0.15) is 0 Å². The van der Waals surface area contributed by atoms with Gasteiger partial charge in [-0.05, 0) is 30.9 Å². The van der Waals surface area contributed by atoms with Crippen molar-refractivity contribution in [1.29, 1.82) is 0 Å². The van der Waals surface area contributed by atoms with Crippen molar-refractivity contribution in [3.63, 3.8) is 0 Å². The first kappa shape index (κ1) is 14.3. The summed E-state index contributed by atoms with van der Waals surface area (Å²) in [5.41, 5.74) is 3.38. The molecule has 0 aromatic heterocycles. The minimum Gasteiger partial charge on any atom is -0.496 e. The fourth-order valence-corrected chi connectivity index (χ4v) is 3.10. The smallest absolute Gasteiger partial charge is 0.131 e. The average Bonchev–Trinajstić information content (AvgIpc) is 2.70. The zero-order valence-electron chi connectivity index (χ0n) is 11.5. The Bertz CT molecular complexity index is 403. The minimum absolute atomic E-state index is 0.172. The molecule has 1 aliphatic carbocycles. The van der Waals surface area contributed by atoms with Crippen LogP contribution in [0.15, 0.2) is 18.2 Å². The Morgan fingerprint density at radius 3 is 2.53 bits per heavy atom. The molecule has 1 atom stereocenters. The van der Waals surface area contributed by atoms with Crippen LogP contribution in [0.1, 0.15) is 50.1 Å². The zero-order valence-corrected chi connectivity index (χ0v) is 11.5. The number of benzene rings is 1. The molecule has 19 heavy (non-hydrogen) atoms. The van der Waals surface area contributed by atoms with Gasteiger partial charge in [0.25, 0.3) is 0 Å². The second-order valence-corrected chi connectivity index (χ2v) is 5.25. The summed E-state index contributed by atoms with van der Waals surface area (Å²) in [6.07, 6.45) is 7.10. The van der Waals surface area contributed by atoms with Crippen LogP contribution in [0.2, 0.25) is 0 Å². The van der Waals surface area contributed by atoms with E-state index in [9.17, 15) is 4.39 Å². The average molecular weight is 266 g/mol. The fraction of sp³-hybridized carbons (Fsp3) is 0.600. The number of halogens is 1. The third-order valence-electron chi connectivity index (χ3n) is 4.09. The SMILES string of the molecule is COc1cccc(F)c1C(NN)C1CCCCCC1. The number of nitrogens with two attached hydrogens (primary N) is 1. The summed E-state index contributed by atoms with van der Waals surface area (Å²) in [6.45, 7) is 0. The van der Waals surface area contributed by atoms with E-state index in [1.54, 1.807) is 19.2 Å². The van der Waals surface area contributed by atoms with E-state index in [4.69, 9.17) is 10.6 Å². The van der Waals surface area contributed by atoms with Crippen LogP contribution in [0.25, 0.3) is 0 Å². The van der Waals surface area contributed by atoms with E-state index in [1.165, 1.54) is 31.7 Å². The molecule has 2 rings (SSSR count). The van der Waals surface area contributed by atoms with E-state index < -0.39 is 0 Å². The van der Waals surface area contributed by atoms with Gasteiger partial charge < -0.3 is 4.74 Å². The molecule has 1 aliphatic rings. The molecule has 0 heterocycles. The molecule has 3 nitrogen and oxygen atoms in total. The molecule has 0 radical (unpaired) electrons. The number of ether oxygens (including phenoxy) is 1. The standard InChI is InChI=1S/C15H23FN2O/c1-19-13-10-6-9-12(16)14(13)15(18-17)11-7-4-2-3-5-8-11/h6,9-11,15,18H,2-5,7-8,17H2,1H3. The van der Waals surface area contributed by atoms with Gasteiger partial charge in [-0.25, -0.2) is 4.39 Å². The van der Waals surface area contributed by atoms with Crippen LogP contribution in [0.4, 0.5) is 4.39 Å². The lowest BCUT2D eigenvalue weighted by molar-refractivity contribution is 0.307. The van der Waals surface area contributed by atoms with Crippen molar-refractivity contribution in [2.24, 2.45) is 11.8 Å². The summed E-state index contributed by atoms with van der Waals surface area (Å²) in [6, 6.07) is 4.76. The summed E-state index contributed by atoms with van der Waals surface area (Å²) in [7, 11) is 1.57. The van der Waals surface area contributed by atoms with Gasteiger partial charge in [0.1, 0.15) is 11.6 Å². The van der Waals surface area contributed by atoms with E-state index in [0.29, 0.717) is 17.2 Å². The predicted molar refractivity (Wildman–Crippen MR) is 74.2 cm³/mol. The number of nitrogens with one attached hydrogen (secondary N) is 1. The van der Waals surface area contributed by atoms with Crippen molar-refractivity contribution in [2.45, 2.75) is 44.6 Å². The van der Waals surface area contributed by atoms with Crippen molar-refractivity contribution < 1.29 is 9.13 Å². The van der Waals surface area contributed by atoms with E-state index in [2.05, 4.69) is 5.43 Å².